The molecule has 0 aliphatic carbocycles. The molecule has 1 N–H and O–H groups in total. The van der Waals surface area contributed by atoms with Crippen LogP contribution in [0.1, 0.15) is 22.4 Å². The van der Waals surface area contributed by atoms with Crippen molar-refractivity contribution in [1.82, 2.24) is 14.9 Å². The lowest BCUT2D eigenvalue weighted by atomic mass is 10.1. The SMILES string of the molecule is Cc1cc2nc(C)c(=O)n(CC(=O)NCc3ccc(F)cc3)c2cc1C. The summed E-state index contributed by atoms with van der Waals surface area (Å²) in [4.78, 5) is 29.2. The molecule has 5 nitrogen and oxygen atoms in total. The number of hydrogen-bond donors (Lipinski definition) is 1. The number of aryl methyl sites for hydroxylation is 3. The summed E-state index contributed by atoms with van der Waals surface area (Å²) in [6.07, 6.45) is 0. The fourth-order valence-corrected chi connectivity index (χ4v) is 2.78. The van der Waals surface area contributed by atoms with Crippen molar-refractivity contribution in [2.24, 2.45) is 0 Å². The Balaban J connectivity index is 1.86. The smallest absolute Gasteiger partial charge is 0.272 e. The molecule has 0 aliphatic rings. The molecular formula is C20H20FN3O2. The molecule has 3 aromatic rings. The molecule has 26 heavy (non-hydrogen) atoms. The third-order valence-electron chi connectivity index (χ3n) is 4.43. The van der Waals surface area contributed by atoms with E-state index in [0.29, 0.717) is 16.7 Å². The Morgan fingerprint density at radius 3 is 2.46 bits per heavy atom. The molecule has 0 saturated heterocycles. The van der Waals surface area contributed by atoms with Crippen LogP contribution >= 0.6 is 0 Å². The highest BCUT2D eigenvalue weighted by Crippen LogP contribution is 2.17. The first kappa shape index (κ1) is 17.8. The van der Waals surface area contributed by atoms with E-state index < -0.39 is 0 Å². The first-order valence-electron chi connectivity index (χ1n) is 8.34. The monoisotopic (exact) mass is 353 g/mol. The van der Waals surface area contributed by atoms with Gasteiger partial charge in [0.1, 0.15) is 18.1 Å². The van der Waals surface area contributed by atoms with Crippen LogP contribution in [0.25, 0.3) is 11.0 Å². The van der Waals surface area contributed by atoms with Gasteiger partial charge in [-0.25, -0.2) is 9.37 Å². The van der Waals surface area contributed by atoms with Crippen LogP contribution < -0.4 is 10.9 Å². The number of nitrogens with zero attached hydrogens (tertiary/aromatic N) is 2. The predicted molar refractivity (Wildman–Crippen MR) is 98.5 cm³/mol. The number of rotatable bonds is 4. The number of carbonyl (C=O) groups excluding carboxylic acids is 1. The summed E-state index contributed by atoms with van der Waals surface area (Å²) in [5.41, 5.74) is 4.30. The van der Waals surface area contributed by atoms with Gasteiger partial charge in [-0.1, -0.05) is 12.1 Å². The zero-order chi connectivity index (χ0) is 18.8. The second-order valence-corrected chi connectivity index (χ2v) is 6.42. The van der Waals surface area contributed by atoms with Gasteiger partial charge in [-0.2, -0.15) is 0 Å². The Bertz CT molecular complexity index is 1040. The molecule has 1 heterocycles. The van der Waals surface area contributed by atoms with E-state index in [4.69, 9.17) is 0 Å². The lowest BCUT2D eigenvalue weighted by Gasteiger charge is -2.13. The Kier molecular flexibility index (Phi) is 4.84. The number of halogens is 1. The molecule has 0 spiro atoms. The van der Waals surface area contributed by atoms with E-state index in [9.17, 15) is 14.0 Å². The Labute approximate surface area is 150 Å². The van der Waals surface area contributed by atoms with Crippen molar-refractivity contribution in [1.29, 1.82) is 0 Å². The molecule has 0 atom stereocenters. The van der Waals surface area contributed by atoms with E-state index in [2.05, 4.69) is 10.3 Å². The molecule has 2 aromatic carbocycles. The van der Waals surface area contributed by atoms with Gasteiger partial charge in [0.2, 0.25) is 5.91 Å². The lowest BCUT2D eigenvalue weighted by Crippen LogP contribution is -2.33. The van der Waals surface area contributed by atoms with Gasteiger partial charge in [-0.15, -0.1) is 0 Å². The minimum atomic E-state index is -0.323. The first-order valence-corrected chi connectivity index (χ1v) is 8.34. The van der Waals surface area contributed by atoms with Gasteiger partial charge in [0.25, 0.3) is 5.56 Å². The van der Waals surface area contributed by atoms with Crippen molar-refractivity contribution >= 4 is 16.9 Å². The molecule has 134 valence electrons. The standard InChI is InChI=1S/C20H20FN3O2/c1-12-8-17-18(9-13(12)2)24(20(26)14(3)23-17)11-19(25)22-10-15-4-6-16(21)7-5-15/h4-9H,10-11H2,1-3H3,(H,22,25). The molecule has 0 aliphatic heterocycles. The van der Waals surface area contributed by atoms with E-state index in [1.165, 1.54) is 16.7 Å². The van der Waals surface area contributed by atoms with Gasteiger partial charge in [-0.3, -0.25) is 14.2 Å². The zero-order valence-corrected chi connectivity index (χ0v) is 15.0. The van der Waals surface area contributed by atoms with Crippen LogP contribution in [-0.4, -0.2) is 15.5 Å². The zero-order valence-electron chi connectivity index (χ0n) is 15.0. The Hall–Kier alpha value is -3.02. The maximum Gasteiger partial charge on any atom is 0.272 e. The summed E-state index contributed by atoms with van der Waals surface area (Å²) in [5.74, 6) is -0.613. The van der Waals surface area contributed by atoms with Gasteiger partial charge in [0.15, 0.2) is 0 Å². The predicted octanol–water partition coefficient (Wildman–Crippen LogP) is 2.78. The minimum absolute atomic E-state index is 0.0949. The number of fused-ring (bicyclic) bond motifs is 1. The van der Waals surface area contributed by atoms with E-state index in [1.54, 1.807) is 19.1 Å². The van der Waals surface area contributed by atoms with Crippen molar-refractivity contribution in [3.8, 4) is 0 Å². The van der Waals surface area contributed by atoms with E-state index in [-0.39, 0.29) is 30.4 Å². The van der Waals surface area contributed by atoms with Gasteiger partial charge in [0, 0.05) is 6.54 Å². The summed E-state index contributed by atoms with van der Waals surface area (Å²) in [7, 11) is 0. The fraction of sp³-hybridized carbons (Fsp3) is 0.250. The average Bonchev–Trinajstić information content (AvgIpc) is 2.60. The second kappa shape index (κ2) is 7.07. The third kappa shape index (κ3) is 3.64. The Morgan fingerprint density at radius 2 is 1.77 bits per heavy atom. The van der Waals surface area contributed by atoms with Crippen LogP contribution in [-0.2, 0) is 17.9 Å². The lowest BCUT2D eigenvalue weighted by molar-refractivity contribution is -0.121. The number of benzene rings is 2. The van der Waals surface area contributed by atoms with Gasteiger partial charge in [-0.05, 0) is 61.7 Å². The number of hydrogen-bond acceptors (Lipinski definition) is 3. The molecule has 1 amide bonds. The molecule has 6 heteroatoms. The summed E-state index contributed by atoms with van der Waals surface area (Å²) >= 11 is 0. The van der Waals surface area contributed by atoms with E-state index in [0.717, 1.165) is 16.7 Å². The van der Waals surface area contributed by atoms with Gasteiger partial charge >= 0.3 is 0 Å². The number of carbonyl (C=O) groups is 1. The van der Waals surface area contributed by atoms with Crippen molar-refractivity contribution in [2.45, 2.75) is 33.9 Å². The maximum absolute atomic E-state index is 12.9. The minimum Gasteiger partial charge on any atom is -0.350 e. The quantitative estimate of drug-likeness (QED) is 0.784. The van der Waals surface area contributed by atoms with Crippen LogP contribution in [0.15, 0.2) is 41.2 Å². The highest BCUT2D eigenvalue weighted by Gasteiger charge is 2.13. The summed E-state index contributed by atoms with van der Waals surface area (Å²) in [6.45, 7) is 5.76. The summed E-state index contributed by atoms with van der Waals surface area (Å²) in [5, 5.41) is 2.76. The van der Waals surface area contributed by atoms with E-state index in [1.807, 2.05) is 26.0 Å². The topological polar surface area (TPSA) is 64.0 Å². The van der Waals surface area contributed by atoms with Gasteiger partial charge in [0.05, 0.1) is 11.0 Å². The average molecular weight is 353 g/mol. The van der Waals surface area contributed by atoms with Crippen LogP contribution in [0.3, 0.4) is 0 Å². The number of aromatic nitrogens is 2. The van der Waals surface area contributed by atoms with Crippen molar-refractivity contribution in [2.75, 3.05) is 0 Å². The third-order valence-corrected chi connectivity index (χ3v) is 4.43. The van der Waals surface area contributed by atoms with Crippen LogP contribution in [0.5, 0.6) is 0 Å². The first-order chi connectivity index (χ1) is 12.3. The summed E-state index contributed by atoms with van der Waals surface area (Å²) in [6, 6.07) is 9.71. The highest BCUT2D eigenvalue weighted by atomic mass is 19.1. The molecule has 1 aromatic heterocycles. The molecule has 0 radical (unpaired) electrons. The van der Waals surface area contributed by atoms with Crippen molar-refractivity contribution < 1.29 is 9.18 Å². The largest absolute Gasteiger partial charge is 0.350 e. The Morgan fingerprint density at radius 1 is 1.12 bits per heavy atom. The van der Waals surface area contributed by atoms with E-state index >= 15 is 0 Å². The van der Waals surface area contributed by atoms with Crippen molar-refractivity contribution in [3.05, 3.63) is 75.0 Å². The maximum atomic E-state index is 12.9. The van der Waals surface area contributed by atoms with Crippen LogP contribution in [0.4, 0.5) is 4.39 Å². The molecule has 0 unspecified atom stereocenters. The molecule has 0 saturated carbocycles. The van der Waals surface area contributed by atoms with Gasteiger partial charge < -0.3 is 5.32 Å². The second-order valence-electron chi connectivity index (χ2n) is 6.42. The van der Waals surface area contributed by atoms with Crippen molar-refractivity contribution in [3.63, 3.8) is 0 Å². The van der Waals surface area contributed by atoms with Crippen LogP contribution in [0.2, 0.25) is 0 Å². The number of amides is 1. The highest BCUT2D eigenvalue weighted by molar-refractivity contribution is 5.81. The van der Waals surface area contributed by atoms with Crippen LogP contribution in [0, 0.1) is 26.6 Å². The summed E-state index contributed by atoms with van der Waals surface area (Å²) < 4.78 is 14.4. The molecular weight excluding hydrogens is 333 g/mol. The molecule has 3 rings (SSSR count). The molecule has 0 fully saturated rings. The fourth-order valence-electron chi connectivity index (χ4n) is 2.78. The number of nitrogens with one attached hydrogen (secondary N) is 1. The molecule has 0 bridgehead atoms. The normalized spacial score (nSPS) is 10.9.